The van der Waals surface area contributed by atoms with Gasteiger partial charge in [0.25, 0.3) is 5.56 Å². The molecule has 3 aromatic rings. The summed E-state index contributed by atoms with van der Waals surface area (Å²) < 4.78 is 11.8. The molecule has 0 N–H and O–H groups in total. The molecule has 1 atom stereocenters. The van der Waals surface area contributed by atoms with Crippen LogP contribution < -0.4 is 14.9 Å². The van der Waals surface area contributed by atoms with Gasteiger partial charge in [0.2, 0.25) is 0 Å². The van der Waals surface area contributed by atoms with Gasteiger partial charge < -0.3 is 9.47 Å². The van der Waals surface area contributed by atoms with Crippen LogP contribution in [-0.4, -0.2) is 30.7 Å². The van der Waals surface area contributed by atoms with Crippen molar-refractivity contribution in [3.05, 3.63) is 88.7 Å². The fraction of sp³-hybridized carbons (Fsp3) is 0.182. The summed E-state index contributed by atoms with van der Waals surface area (Å²) >= 11 is 2.80. The molecule has 0 aliphatic carbocycles. The number of benzene rings is 1. The Kier molecular flexibility index (Phi) is 5.71. The maximum Gasteiger partial charge on any atom is 0.338 e. The van der Waals surface area contributed by atoms with E-state index in [1.807, 2.05) is 23.6 Å². The standard InChI is InChI=1S/C22H18N2O5S2/c1-12-17(21(27)29-3)18(13-6-8-14(9-7-13)20(26)28-2)24-19(25)16(31-22(24)23-12)11-15-5-4-10-30-15/h4-11,18H,1-3H3/b16-11-/t18-/m1/s1. The summed E-state index contributed by atoms with van der Waals surface area (Å²) in [5, 5.41) is 1.94. The minimum absolute atomic E-state index is 0.243. The van der Waals surface area contributed by atoms with Crippen molar-refractivity contribution in [2.75, 3.05) is 14.2 Å². The Balaban J connectivity index is 1.94. The molecular weight excluding hydrogens is 436 g/mol. The van der Waals surface area contributed by atoms with E-state index in [0.717, 1.165) is 4.88 Å². The lowest BCUT2D eigenvalue weighted by Crippen LogP contribution is -2.39. The van der Waals surface area contributed by atoms with Crippen LogP contribution in [0.3, 0.4) is 0 Å². The molecule has 31 heavy (non-hydrogen) atoms. The molecule has 0 saturated carbocycles. The number of carbonyl (C=O) groups is 2. The van der Waals surface area contributed by atoms with Crippen molar-refractivity contribution in [3.8, 4) is 0 Å². The number of carbonyl (C=O) groups excluding carboxylic acids is 2. The lowest BCUT2D eigenvalue weighted by atomic mass is 9.95. The monoisotopic (exact) mass is 454 g/mol. The maximum atomic E-state index is 13.3. The number of esters is 2. The zero-order chi connectivity index (χ0) is 22.1. The van der Waals surface area contributed by atoms with Gasteiger partial charge in [-0.3, -0.25) is 9.36 Å². The van der Waals surface area contributed by atoms with Crippen molar-refractivity contribution >= 4 is 40.7 Å². The Bertz CT molecular complexity index is 1360. The number of methoxy groups -OCH3 is 2. The van der Waals surface area contributed by atoms with Crippen molar-refractivity contribution in [2.24, 2.45) is 4.99 Å². The number of rotatable bonds is 4. The third-order valence-electron chi connectivity index (χ3n) is 4.89. The summed E-state index contributed by atoms with van der Waals surface area (Å²) in [5.74, 6) is -1.03. The first kappa shape index (κ1) is 21.0. The van der Waals surface area contributed by atoms with Gasteiger partial charge in [-0.1, -0.05) is 29.5 Å². The SMILES string of the molecule is COC(=O)C1=C(C)N=c2s/c(=C\c3cccs3)c(=O)n2[C@@H]1c1ccc(C(=O)OC)cc1. The minimum atomic E-state index is -0.721. The third-order valence-corrected chi connectivity index (χ3v) is 6.69. The lowest BCUT2D eigenvalue weighted by Gasteiger charge is -2.24. The molecule has 0 amide bonds. The van der Waals surface area contributed by atoms with Gasteiger partial charge in [0.15, 0.2) is 4.80 Å². The number of allylic oxidation sites excluding steroid dienone is 1. The van der Waals surface area contributed by atoms with E-state index in [0.29, 0.717) is 26.2 Å². The number of nitrogens with zero attached hydrogens (tertiary/aromatic N) is 2. The van der Waals surface area contributed by atoms with Crippen molar-refractivity contribution in [3.63, 3.8) is 0 Å². The van der Waals surface area contributed by atoms with Crippen LogP contribution in [-0.2, 0) is 14.3 Å². The molecule has 3 heterocycles. The fourth-order valence-electron chi connectivity index (χ4n) is 3.43. The first-order valence-corrected chi connectivity index (χ1v) is 11.0. The Morgan fingerprint density at radius 1 is 1.10 bits per heavy atom. The van der Waals surface area contributed by atoms with E-state index in [2.05, 4.69) is 4.99 Å². The maximum absolute atomic E-state index is 13.3. The van der Waals surface area contributed by atoms with Crippen LogP contribution in [0.25, 0.3) is 6.08 Å². The Morgan fingerprint density at radius 2 is 1.81 bits per heavy atom. The Morgan fingerprint density at radius 3 is 2.42 bits per heavy atom. The molecule has 1 aromatic carbocycles. The molecule has 0 spiro atoms. The van der Waals surface area contributed by atoms with Crippen molar-refractivity contribution < 1.29 is 19.1 Å². The van der Waals surface area contributed by atoms with Crippen LogP contribution >= 0.6 is 22.7 Å². The molecular formula is C22H18N2O5S2. The van der Waals surface area contributed by atoms with Gasteiger partial charge in [-0.15, -0.1) is 11.3 Å². The van der Waals surface area contributed by atoms with Gasteiger partial charge >= 0.3 is 11.9 Å². The van der Waals surface area contributed by atoms with Crippen LogP contribution in [0, 0.1) is 0 Å². The average Bonchev–Trinajstić information content (AvgIpc) is 3.40. The number of aromatic nitrogens is 1. The first-order valence-electron chi connectivity index (χ1n) is 9.27. The lowest BCUT2D eigenvalue weighted by molar-refractivity contribution is -0.136. The second-order valence-corrected chi connectivity index (χ2v) is 8.69. The molecule has 0 saturated heterocycles. The van der Waals surface area contributed by atoms with Crippen molar-refractivity contribution in [1.29, 1.82) is 0 Å². The van der Waals surface area contributed by atoms with Gasteiger partial charge in [-0.2, -0.15) is 0 Å². The quantitative estimate of drug-likeness (QED) is 0.565. The summed E-state index contributed by atoms with van der Waals surface area (Å²) in [6, 6.07) is 9.74. The van der Waals surface area contributed by atoms with Gasteiger partial charge in [0, 0.05) is 4.88 Å². The Labute approximate surface area is 185 Å². The molecule has 0 unspecified atom stereocenters. The predicted molar refractivity (Wildman–Crippen MR) is 118 cm³/mol. The van der Waals surface area contributed by atoms with Gasteiger partial charge in [0.1, 0.15) is 0 Å². The zero-order valence-corrected chi connectivity index (χ0v) is 18.6. The highest BCUT2D eigenvalue weighted by molar-refractivity contribution is 7.11. The molecule has 0 radical (unpaired) electrons. The summed E-state index contributed by atoms with van der Waals surface area (Å²) in [5.41, 5.74) is 1.55. The Hall–Kier alpha value is -3.30. The van der Waals surface area contributed by atoms with Crippen LogP contribution in [0.4, 0.5) is 0 Å². The molecule has 9 heteroatoms. The van der Waals surface area contributed by atoms with E-state index in [9.17, 15) is 14.4 Å². The zero-order valence-electron chi connectivity index (χ0n) is 16.9. The molecule has 0 bridgehead atoms. The van der Waals surface area contributed by atoms with Crippen LogP contribution in [0.1, 0.15) is 33.8 Å². The summed E-state index contributed by atoms with van der Waals surface area (Å²) in [6.45, 7) is 1.72. The molecule has 0 fully saturated rings. The highest BCUT2D eigenvalue weighted by Crippen LogP contribution is 2.30. The summed E-state index contributed by atoms with van der Waals surface area (Å²) in [4.78, 5) is 43.7. The second-order valence-electron chi connectivity index (χ2n) is 6.70. The fourth-order valence-corrected chi connectivity index (χ4v) is 5.20. The van der Waals surface area contributed by atoms with Crippen LogP contribution in [0.2, 0.25) is 0 Å². The number of thiophene rings is 1. The van der Waals surface area contributed by atoms with Crippen LogP contribution in [0.15, 0.2) is 62.8 Å². The number of hydrogen-bond donors (Lipinski definition) is 0. The van der Waals surface area contributed by atoms with Gasteiger partial charge in [-0.05, 0) is 42.1 Å². The number of ether oxygens (including phenoxy) is 2. The highest BCUT2D eigenvalue weighted by atomic mass is 32.1. The molecule has 158 valence electrons. The van der Waals surface area contributed by atoms with Gasteiger partial charge in [-0.25, -0.2) is 14.6 Å². The normalized spacial score (nSPS) is 16.0. The number of hydrogen-bond acceptors (Lipinski definition) is 8. The first-order chi connectivity index (χ1) is 14.9. The molecule has 4 rings (SSSR count). The van der Waals surface area contributed by atoms with E-state index in [-0.39, 0.29) is 11.1 Å². The summed E-state index contributed by atoms with van der Waals surface area (Å²) in [6.07, 6.45) is 1.82. The number of fused-ring (bicyclic) bond motifs is 1. The van der Waals surface area contributed by atoms with Gasteiger partial charge in [0.05, 0.1) is 41.6 Å². The summed E-state index contributed by atoms with van der Waals surface area (Å²) in [7, 11) is 2.60. The highest BCUT2D eigenvalue weighted by Gasteiger charge is 2.33. The minimum Gasteiger partial charge on any atom is -0.466 e. The molecule has 7 nitrogen and oxygen atoms in total. The number of thiazole rings is 1. The van der Waals surface area contributed by atoms with E-state index in [4.69, 9.17) is 9.47 Å². The molecule has 1 aliphatic heterocycles. The predicted octanol–water partition coefficient (Wildman–Crippen LogP) is 2.26. The van der Waals surface area contributed by atoms with Crippen molar-refractivity contribution in [1.82, 2.24) is 4.57 Å². The topological polar surface area (TPSA) is 87.0 Å². The van der Waals surface area contributed by atoms with E-state index >= 15 is 0 Å². The van der Waals surface area contributed by atoms with E-state index in [1.54, 1.807) is 31.2 Å². The smallest absolute Gasteiger partial charge is 0.338 e. The third kappa shape index (κ3) is 3.77. The second kappa shape index (κ2) is 8.44. The van der Waals surface area contributed by atoms with Crippen LogP contribution in [0.5, 0.6) is 0 Å². The van der Waals surface area contributed by atoms with Crippen molar-refractivity contribution in [2.45, 2.75) is 13.0 Å². The van der Waals surface area contributed by atoms with E-state index in [1.165, 1.54) is 41.5 Å². The largest absolute Gasteiger partial charge is 0.466 e. The van der Waals surface area contributed by atoms with E-state index < -0.39 is 18.0 Å². The molecule has 1 aliphatic rings. The average molecular weight is 455 g/mol. The molecule has 2 aromatic heterocycles.